The molecule has 1 heterocycles. The van der Waals surface area contributed by atoms with E-state index < -0.39 is 6.17 Å². The summed E-state index contributed by atoms with van der Waals surface area (Å²) in [5.74, 6) is 0. The average Bonchev–Trinajstić information content (AvgIpc) is 2.49. The van der Waals surface area contributed by atoms with Gasteiger partial charge in [0.1, 0.15) is 6.17 Å². The first-order valence-electron chi connectivity index (χ1n) is 4.19. The molecule has 0 saturated heterocycles. The van der Waals surface area contributed by atoms with Crippen LogP contribution in [0, 0.1) is 0 Å². The van der Waals surface area contributed by atoms with E-state index in [1.54, 1.807) is 12.3 Å². The fourth-order valence-corrected chi connectivity index (χ4v) is 1.55. The lowest BCUT2D eigenvalue weighted by molar-refractivity contribution is 0.376. The third-order valence-electron chi connectivity index (χ3n) is 2.20. The number of alkyl halides is 1. The first-order valence-corrected chi connectivity index (χ1v) is 4.19. The van der Waals surface area contributed by atoms with E-state index in [9.17, 15) is 4.39 Å². The van der Waals surface area contributed by atoms with Gasteiger partial charge in [-0.1, -0.05) is 6.07 Å². The summed E-state index contributed by atoms with van der Waals surface area (Å²) in [6.45, 7) is 1.51. The summed E-state index contributed by atoms with van der Waals surface area (Å²) in [5.41, 5.74) is 7.90. The van der Waals surface area contributed by atoms with Gasteiger partial charge < -0.3 is 10.7 Å². The lowest BCUT2D eigenvalue weighted by Crippen LogP contribution is -1.88. The maximum absolute atomic E-state index is 13.1. The minimum atomic E-state index is -0.988. The number of anilines is 1. The number of rotatable bonds is 1. The van der Waals surface area contributed by atoms with Crippen LogP contribution in [0.15, 0.2) is 24.4 Å². The van der Waals surface area contributed by atoms with Gasteiger partial charge in [0.2, 0.25) is 0 Å². The van der Waals surface area contributed by atoms with E-state index >= 15 is 0 Å². The minimum Gasteiger partial charge on any atom is -0.398 e. The lowest BCUT2D eigenvalue weighted by atomic mass is 10.1. The molecule has 0 aliphatic carbocycles. The fraction of sp³-hybridized carbons (Fsp3) is 0.200. The molecule has 1 unspecified atom stereocenters. The lowest BCUT2D eigenvalue weighted by Gasteiger charge is -2.01. The SMILES string of the molecule is CC(F)c1c[nH]c2cccc(N)c12. The van der Waals surface area contributed by atoms with Gasteiger partial charge in [-0.15, -0.1) is 0 Å². The molecule has 0 saturated carbocycles. The van der Waals surface area contributed by atoms with Gasteiger partial charge >= 0.3 is 0 Å². The van der Waals surface area contributed by atoms with Gasteiger partial charge in [0.25, 0.3) is 0 Å². The van der Waals surface area contributed by atoms with Crippen molar-refractivity contribution in [3.8, 4) is 0 Å². The molecule has 3 heteroatoms. The predicted octanol–water partition coefficient (Wildman–Crippen LogP) is 2.78. The van der Waals surface area contributed by atoms with Crippen molar-refractivity contribution in [3.63, 3.8) is 0 Å². The van der Waals surface area contributed by atoms with Crippen molar-refractivity contribution in [1.29, 1.82) is 0 Å². The highest BCUT2D eigenvalue weighted by molar-refractivity contribution is 5.94. The maximum atomic E-state index is 13.1. The van der Waals surface area contributed by atoms with Gasteiger partial charge in [-0.2, -0.15) is 0 Å². The largest absolute Gasteiger partial charge is 0.398 e. The molecule has 1 atom stereocenters. The van der Waals surface area contributed by atoms with E-state index in [2.05, 4.69) is 4.98 Å². The van der Waals surface area contributed by atoms with Crippen molar-refractivity contribution >= 4 is 16.6 Å². The Kier molecular flexibility index (Phi) is 1.72. The topological polar surface area (TPSA) is 41.8 Å². The Labute approximate surface area is 75.6 Å². The van der Waals surface area contributed by atoms with E-state index in [4.69, 9.17) is 5.73 Å². The highest BCUT2D eigenvalue weighted by Gasteiger charge is 2.11. The Morgan fingerprint density at radius 1 is 1.46 bits per heavy atom. The third-order valence-corrected chi connectivity index (χ3v) is 2.20. The number of aromatic amines is 1. The van der Waals surface area contributed by atoms with E-state index in [1.807, 2.05) is 12.1 Å². The number of aromatic nitrogens is 1. The molecule has 2 nitrogen and oxygen atoms in total. The molecule has 68 valence electrons. The summed E-state index contributed by atoms with van der Waals surface area (Å²) in [5, 5.41) is 0.803. The van der Waals surface area contributed by atoms with Crippen molar-refractivity contribution in [2.45, 2.75) is 13.1 Å². The van der Waals surface area contributed by atoms with Gasteiger partial charge in [0, 0.05) is 28.4 Å². The van der Waals surface area contributed by atoms with E-state index in [-0.39, 0.29) is 0 Å². The average molecular weight is 178 g/mol. The van der Waals surface area contributed by atoms with Crippen molar-refractivity contribution in [2.24, 2.45) is 0 Å². The molecule has 0 aliphatic heterocycles. The number of nitrogens with two attached hydrogens (primary N) is 1. The molecule has 1 aromatic carbocycles. The van der Waals surface area contributed by atoms with Crippen LogP contribution in [0.5, 0.6) is 0 Å². The van der Waals surface area contributed by atoms with Gasteiger partial charge in [-0.05, 0) is 19.1 Å². The zero-order valence-electron chi connectivity index (χ0n) is 7.34. The molecule has 3 N–H and O–H groups in total. The smallest absolute Gasteiger partial charge is 0.124 e. The number of fused-ring (bicyclic) bond motifs is 1. The maximum Gasteiger partial charge on any atom is 0.124 e. The molecular weight excluding hydrogens is 167 g/mol. The van der Waals surface area contributed by atoms with Crippen molar-refractivity contribution in [1.82, 2.24) is 4.98 Å². The molecule has 0 spiro atoms. The van der Waals surface area contributed by atoms with Gasteiger partial charge in [-0.25, -0.2) is 4.39 Å². The molecule has 13 heavy (non-hydrogen) atoms. The summed E-state index contributed by atoms with van der Waals surface area (Å²) < 4.78 is 13.1. The molecule has 0 aliphatic rings. The molecular formula is C10H11FN2. The molecule has 0 amide bonds. The van der Waals surface area contributed by atoms with Crippen LogP contribution >= 0.6 is 0 Å². The quantitative estimate of drug-likeness (QED) is 0.648. The Bertz CT molecular complexity index is 431. The highest BCUT2D eigenvalue weighted by Crippen LogP contribution is 2.30. The Hall–Kier alpha value is -1.51. The highest BCUT2D eigenvalue weighted by atomic mass is 19.1. The minimum absolute atomic E-state index is 0.623. The van der Waals surface area contributed by atoms with Crippen LogP contribution in [-0.4, -0.2) is 4.98 Å². The second-order valence-corrected chi connectivity index (χ2v) is 3.13. The number of hydrogen-bond donors (Lipinski definition) is 2. The molecule has 0 radical (unpaired) electrons. The van der Waals surface area contributed by atoms with Gasteiger partial charge in [0.15, 0.2) is 0 Å². The number of hydrogen-bond acceptors (Lipinski definition) is 1. The number of nitrogens with one attached hydrogen (secondary N) is 1. The molecule has 0 fully saturated rings. The Morgan fingerprint density at radius 2 is 2.23 bits per heavy atom. The van der Waals surface area contributed by atoms with Crippen LogP contribution in [-0.2, 0) is 0 Å². The number of H-pyrrole nitrogens is 1. The van der Waals surface area contributed by atoms with Crippen molar-refractivity contribution in [2.75, 3.05) is 5.73 Å². The first kappa shape index (κ1) is 8.10. The Balaban J connectivity index is 2.79. The normalized spacial score (nSPS) is 13.4. The van der Waals surface area contributed by atoms with E-state index in [1.165, 1.54) is 6.92 Å². The number of nitrogen functional groups attached to an aromatic ring is 1. The Morgan fingerprint density at radius 3 is 2.92 bits per heavy atom. The van der Waals surface area contributed by atoms with E-state index in [0.717, 1.165) is 10.9 Å². The second kappa shape index (κ2) is 2.76. The van der Waals surface area contributed by atoms with Gasteiger partial charge in [0.05, 0.1) is 0 Å². The molecule has 0 bridgehead atoms. The zero-order chi connectivity index (χ0) is 9.42. The molecule has 2 rings (SSSR count). The second-order valence-electron chi connectivity index (χ2n) is 3.13. The number of benzene rings is 1. The monoisotopic (exact) mass is 178 g/mol. The van der Waals surface area contributed by atoms with Crippen molar-refractivity contribution in [3.05, 3.63) is 30.0 Å². The summed E-state index contributed by atoms with van der Waals surface area (Å²) in [4.78, 5) is 2.99. The van der Waals surface area contributed by atoms with Crippen LogP contribution in [0.1, 0.15) is 18.7 Å². The summed E-state index contributed by atoms with van der Waals surface area (Å²) in [6.07, 6.45) is 0.685. The summed E-state index contributed by atoms with van der Waals surface area (Å²) in [7, 11) is 0. The first-order chi connectivity index (χ1) is 6.20. The van der Waals surface area contributed by atoms with Crippen LogP contribution < -0.4 is 5.73 Å². The van der Waals surface area contributed by atoms with Crippen LogP contribution in [0.4, 0.5) is 10.1 Å². The van der Waals surface area contributed by atoms with E-state index in [0.29, 0.717) is 11.3 Å². The molecule has 1 aromatic heterocycles. The number of halogens is 1. The van der Waals surface area contributed by atoms with Crippen LogP contribution in [0.3, 0.4) is 0 Å². The summed E-state index contributed by atoms with van der Waals surface area (Å²) >= 11 is 0. The fourth-order valence-electron chi connectivity index (χ4n) is 1.55. The third kappa shape index (κ3) is 1.16. The van der Waals surface area contributed by atoms with Gasteiger partial charge in [-0.3, -0.25) is 0 Å². The zero-order valence-corrected chi connectivity index (χ0v) is 7.34. The summed E-state index contributed by atoms with van der Waals surface area (Å²) in [6, 6.07) is 5.51. The predicted molar refractivity (Wildman–Crippen MR) is 52.2 cm³/mol. The standard InChI is InChI=1S/C10H11FN2/c1-6(11)7-5-13-9-4-2-3-8(12)10(7)9/h2-6,13H,12H2,1H3. The van der Waals surface area contributed by atoms with Crippen molar-refractivity contribution < 1.29 is 4.39 Å². The van der Waals surface area contributed by atoms with Crippen LogP contribution in [0.2, 0.25) is 0 Å². The van der Waals surface area contributed by atoms with Crippen LogP contribution in [0.25, 0.3) is 10.9 Å². The molecule has 2 aromatic rings.